The van der Waals surface area contributed by atoms with E-state index >= 15 is 0 Å². The lowest BCUT2D eigenvalue weighted by atomic mass is 9.94. The van der Waals surface area contributed by atoms with Crippen molar-refractivity contribution in [3.8, 4) is 0 Å². The van der Waals surface area contributed by atoms with Crippen LogP contribution in [0.25, 0.3) is 11.0 Å². The number of fused-ring (bicyclic) bond motifs is 1. The zero-order chi connectivity index (χ0) is 25.1. The number of rotatable bonds is 6. The molecule has 5 rings (SSSR count). The Morgan fingerprint density at radius 1 is 0.944 bits per heavy atom. The molecule has 1 aliphatic heterocycles. The Morgan fingerprint density at radius 2 is 1.69 bits per heavy atom. The number of anilines is 1. The summed E-state index contributed by atoms with van der Waals surface area (Å²) in [5.74, 6) is -0.551. The lowest BCUT2D eigenvalue weighted by Gasteiger charge is -2.35. The molecule has 1 amide bonds. The van der Waals surface area contributed by atoms with Gasteiger partial charge in [-0.15, -0.1) is 0 Å². The van der Waals surface area contributed by atoms with Crippen molar-refractivity contribution in [3.05, 3.63) is 112 Å². The van der Waals surface area contributed by atoms with Gasteiger partial charge in [-0.1, -0.05) is 60.7 Å². The molecule has 4 aromatic rings. The van der Waals surface area contributed by atoms with Crippen molar-refractivity contribution in [2.24, 2.45) is 0 Å². The lowest BCUT2D eigenvalue weighted by Crippen LogP contribution is -2.49. The van der Waals surface area contributed by atoms with Crippen LogP contribution in [0.1, 0.15) is 47.2 Å². The molecule has 1 N–H and O–H groups in total. The van der Waals surface area contributed by atoms with Crippen LogP contribution in [-0.2, 0) is 4.79 Å². The van der Waals surface area contributed by atoms with Crippen LogP contribution in [-0.4, -0.2) is 30.8 Å². The van der Waals surface area contributed by atoms with Crippen LogP contribution in [0.2, 0.25) is 0 Å². The van der Waals surface area contributed by atoms with Gasteiger partial charge < -0.3 is 14.6 Å². The number of benzene rings is 3. The van der Waals surface area contributed by atoms with Gasteiger partial charge in [-0.25, -0.2) is 4.79 Å². The van der Waals surface area contributed by atoms with Gasteiger partial charge in [0.1, 0.15) is 5.58 Å². The van der Waals surface area contributed by atoms with Crippen LogP contribution in [0.3, 0.4) is 0 Å². The molecule has 0 unspecified atom stereocenters. The van der Waals surface area contributed by atoms with Crippen molar-refractivity contribution in [2.45, 2.75) is 31.7 Å². The molecule has 0 spiro atoms. The maximum absolute atomic E-state index is 13.2. The van der Waals surface area contributed by atoms with Crippen LogP contribution in [0.15, 0.2) is 94.1 Å². The summed E-state index contributed by atoms with van der Waals surface area (Å²) in [6.07, 6.45) is 1.76. The Bertz CT molecular complexity index is 1460. The molecule has 36 heavy (non-hydrogen) atoms. The second-order valence-electron chi connectivity index (χ2n) is 9.28. The van der Waals surface area contributed by atoms with Gasteiger partial charge in [0.05, 0.1) is 11.6 Å². The van der Waals surface area contributed by atoms with E-state index in [-0.39, 0.29) is 23.4 Å². The molecular weight excluding hydrogens is 452 g/mol. The normalized spacial score (nSPS) is 16.5. The number of para-hydroxylation sites is 1. The van der Waals surface area contributed by atoms with Crippen LogP contribution in [0, 0.1) is 0 Å². The second kappa shape index (κ2) is 10.2. The largest absolute Gasteiger partial charge is 0.423 e. The molecule has 2 heterocycles. The van der Waals surface area contributed by atoms with E-state index in [2.05, 4.69) is 10.2 Å². The third-order valence-electron chi connectivity index (χ3n) is 6.81. The molecular formula is C30H28N2O4. The van der Waals surface area contributed by atoms with Gasteiger partial charge in [-0.05, 0) is 43.5 Å². The number of carbonyl (C=O) groups is 2. The van der Waals surface area contributed by atoms with Crippen molar-refractivity contribution >= 4 is 28.3 Å². The number of piperidine rings is 1. The maximum atomic E-state index is 13.2. The van der Waals surface area contributed by atoms with Gasteiger partial charge in [0, 0.05) is 41.7 Å². The van der Waals surface area contributed by atoms with Crippen LogP contribution in [0.4, 0.5) is 5.69 Å². The van der Waals surface area contributed by atoms with Crippen LogP contribution >= 0.6 is 0 Å². The van der Waals surface area contributed by atoms with Crippen molar-refractivity contribution in [2.75, 3.05) is 18.0 Å². The summed E-state index contributed by atoms with van der Waals surface area (Å²) >= 11 is 0. The van der Waals surface area contributed by atoms with Gasteiger partial charge in [0.15, 0.2) is 5.78 Å². The second-order valence-corrected chi connectivity index (χ2v) is 9.28. The van der Waals surface area contributed by atoms with E-state index in [4.69, 9.17) is 4.42 Å². The van der Waals surface area contributed by atoms with E-state index in [1.54, 1.807) is 24.3 Å². The average molecular weight is 481 g/mol. The minimum Gasteiger partial charge on any atom is -0.423 e. The smallest absolute Gasteiger partial charge is 0.338 e. The third kappa shape index (κ3) is 4.93. The Morgan fingerprint density at radius 3 is 2.53 bits per heavy atom. The first-order valence-electron chi connectivity index (χ1n) is 12.3. The molecule has 0 bridgehead atoms. The fraction of sp³-hybridized carbons (Fsp3) is 0.233. The zero-order valence-corrected chi connectivity index (χ0v) is 20.1. The van der Waals surface area contributed by atoms with E-state index in [0.717, 1.165) is 36.0 Å². The highest BCUT2D eigenvalue weighted by Gasteiger charge is 2.26. The van der Waals surface area contributed by atoms with Crippen molar-refractivity contribution in [1.82, 2.24) is 5.32 Å². The minimum absolute atomic E-state index is 0.0474. The molecule has 1 fully saturated rings. The highest BCUT2D eigenvalue weighted by atomic mass is 16.4. The highest BCUT2D eigenvalue weighted by molar-refractivity contribution is 6.09. The summed E-state index contributed by atoms with van der Waals surface area (Å²) in [6.45, 7) is 3.27. The minimum atomic E-state index is -0.409. The first kappa shape index (κ1) is 23.5. The molecule has 1 saturated heterocycles. The number of nitrogens with zero attached hydrogens (tertiary/aromatic N) is 1. The Balaban J connectivity index is 1.29. The number of hydrogen-bond acceptors (Lipinski definition) is 5. The summed E-state index contributed by atoms with van der Waals surface area (Å²) < 4.78 is 5.34. The Labute approximate surface area is 209 Å². The molecule has 6 nitrogen and oxygen atoms in total. The third-order valence-corrected chi connectivity index (χ3v) is 6.81. The van der Waals surface area contributed by atoms with Crippen LogP contribution < -0.4 is 15.8 Å². The number of carbonyl (C=O) groups excluding carboxylic acids is 2. The van der Waals surface area contributed by atoms with Gasteiger partial charge in [0.2, 0.25) is 5.91 Å². The fourth-order valence-corrected chi connectivity index (χ4v) is 4.85. The molecule has 3 aromatic carbocycles. The summed E-state index contributed by atoms with van der Waals surface area (Å²) in [6, 6.07) is 25.4. The SMILES string of the molecule is C[C@@H](C(=O)N[C@H]1CCCN(c2cc(=O)oc3ccccc23)C1)c1cccc(C(=O)c2ccccc2)c1. The number of hydrogen-bond donors (Lipinski definition) is 1. The molecule has 1 aliphatic rings. The maximum Gasteiger partial charge on any atom is 0.338 e. The van der Waals surface area contributed by atoms with Crippen LogP contribution in [0.5, 0.6) is 0 Å². The van der Waals surface area contributed by atoms with Gasteiger partial charge in [-0.2, -0.15) is 0 Å². The Hall–Kier alpha value is -4.19. The molecule has 0 aliphatic carbocycles. The van der Waals surface area contributed by atoms with E-state index in [1.165, 1.54) is 6.07 Å². The van der Waals surface area contributed by atoms with E-state index < -0.39 is 5.92 Å². The first-order chi connectivity index (χ1) is 17.5. The van der Waals surface area contributed by atoms with Crippen molar-refractivity contribution < 1.29 is 14.0 Å². The highest BCUT2D eigenvalue weighted by Crippen LogP contribution is 2.28. The van der Waals surface area contributed by atoms with Gasteiger partial charge >= 0.3 is 5.63 Å². The molecule has 2 atom stereocenters. The van der Waals surface area contributed by atoms with E-state index in [1.807, 2.05) is 61.5 Å². The predicted molar refractivity (Wildman–Crippen MR) is 141 cm³/mol. The fourth-order valence-electron chi connectivity index (χ4n) is 4.85. The lowest BCUT2D eigenvalue weighted by molar-refractivity contribution is -0.123. The number of nitrogens with one attached hydrogen (secondary N) is 1. The summed E-state index contributed by atoms with van der Waals surface area (Å²) in [4.78, 5) is 40.3. The summed E-state index contributed by atoms with van der Waals surface area (Å²) in [7, 11) is 0. The van der Waals surface area contributed by atoms with Gasteiger partial charge in [0.25, 0.3) is 0 Å². The number of ketones is 1. The predicted octanol–water partition coefficient (Wildman–Crippen LogP) is 4.91. The van der Waals surface area contributed by atoms with Gasteiger partial charge in [-0.3, -0.25) is 9.59 Å². The molecule has 0 saturated carbocycles. The average Bonchev–Trinajstić information content (AvgIpc) is 2.92. The topological polar surface area (TPSA) is 79.6 Å². The summed E-state index contributed by atoms with van der Waals surface area (Å²) in [5.41, 5.74) is 3.00. The van der Waals surface area contributed by atoms with Crippen molar-refractivity contribution in [1.29, 1.82) is 0 Å². The molecule has 0 radical (unpaired) electrons. The first-order valence-corrected chi connectivity index (χ1v) is 12.3. The van der Waals surface area contributed by atoms with E-state index in [9.17, 15) is 14.4 Å². The standard InChI is InChI=1S/C30H28N2O4/c1-20(22-11-7-12-23(17-22)29(34)21-9-3-2-4-10-21)30(35)31-24-13-8-16-32(19-24)26-18-28(33)36-27-15-6-5-14-25(26)27/h2-7,9-12,14-15,17-18,20,24H,8,13,16,19H2,1H3,(H,31,35)/t20-,24+/m1/s1. The summed E-state index contributed by atoms with van der Waals surface area (Å²) in [5, 5.41) is 4.08. The zero-order valence-electron chi connectivity index (χ0n) is 20.1. The monoisotopic (exact) mass is 480 g/mol. The quantitative estimate of drug-likeness (QED) is 0.313. The molecule has 182 valence electrons. The van der Waals surface area contributed by atoms with E-state index in [0.29, 0.717) is 23.3 Å². The molecule has 1 aromatic heterocycles. The number of amides is 1. The van der Waals surface area contributed by atoms with Crippen molar-refractivity contribution in [3.63, 3.8) is 0 Å². The molecule has 6 heteroatoms. The Kier molecular flexibility index (Phi) is 6.67.